The number of rotatable bonds is 4. The van der Waals surface area contributed by atoms with Crippen molar-refractivity contribution in [2.45, 2.75) is 45.8 Å². The summed E-state index contributed by atoms with van der Waals surface area (Å²) in [6.07, 6.45) is -4.66. The molecule has 1 amide bonds. The van der Waals surface area contributed by atoms with Crippen molar-refractivity contribution in [3.05, 3.63) is 0 Å². The predicted molar refractivity (Wildman–Crippen MR) is 75.7 cm³/mol. The van der Waals surface area contributed by atoms with Crippen molar-refractivity contribution in [2.24, 2.45) is 10.8 Å². The van der Waals surface area contributed by atoms with Crippen molar-refractivity contribution >= 4 is 6.09 Å². The van der Waals surface area contributed by atoms with E-state index in [0.717, 1.165) is 0 Å². The minimum atomic E-state index is -4.30. The fourth-order valence-electron chi connectivity index (χ4n) is 2.97. The Labute approximate surface area is 128 Å². The molecule has 0 aromatic heterocycles. The molecular formula is C14H25F3N2O3. The van der Waals surface area contributed by atoms with E-state index < -0.39 is 24.2 Å². The molecule has 22 heavy (non-hydrogen) atoms. The number of hydrogen-bond donors (Lipinski definition) is 3. The molecule has 0 spiro atoms. The average molecular weight is 326 g/mol. The summed E-state index contributed by atoms with van der Waals surface area (Å²) in [6.45, 7) is 4.53. The molecule has 0 aromatic carbocycles. The number of halogens is 3. The lowest BCUT2D eigenvalue weighted by Crippen LogP contribution is -2.57. The van der Waals surface area contributed by atoms with Crippen LogP contribution in [0.3, 0.4) is 0 Å². The first-order chi connectivity index (χ1) is 9.90. The van der Waals surface area contributed by atoms with Gasteiger partial charge in [-0.2, -0.15) is 13.2 Å². The van der Waals surface area contributed by atoms with Crippen molar-refractivity contribution in [3.63, 3.8) is 0 Å². The number of carbonyl (C=O) groups is 1. The van der Waals surface area contributed by atoms with Crippen molar-refractivity contribution in [1.82, 2.24) is 10.2 Å². The van der Waals surface area contributed by atoms with E-state index in [4.69, 9.17) is 0 Å². The number of piperidine rings is 1. The second-order valence-electron chi connectivity index (χ2n) is 7.19. The largest absolute Gasteiger partial charge is 0.465 e. The highest BCUT2D eigenvalue weighted by Crippen LogP contribution is 2.41. The van der Waals surface area contributed by atoms with Gasteiger partial charge in [0.1, 0.15) is 0 Å². The Morgan fingerprint density at radius 2 is 1.95 bits per heavy atom. The summed E-state index contributed by atoms with van der Waals surface area (Å²) >= 11 is 0. The Hall–Kier alpha value is -1.02. The van der Waals surface area contributed by atoms with Gasteiger partial charge in [0.15, 0.2) is 0 Å². The fraction of sp³-hybridized carbons (Fsp3) is 0.929. The minimum absolute atomic E-state index is 0.0169. The van der Waals surface area contributed by atoms with Crippen LogP contribution in [0.2, 0.25) is 0 Å². The summed E-state index contributed by atoms with van der Waals surface area (Å²) in [5.74, 6) is 0. The Morgan fingerprint density at radius 3 is 2.36 bits per heavy atom. The normalized spacial score (nSPS) is 27.0. The van der Waals surface area contributed by atoms with Crippen LogP contribution in [0.1, 0.15) is 33.6 Å². The summed E-state index contributed by atoms with van der Waals surface area (Å²) < 4.78 is 36.8. The first-order valence-corrected chi connectivity index (χ1v) is 7.28. The molecule has 1 rings (SSSR count). The van der Waals surface area contributed by atoms with Crippen LogP contribution >= 0.6 is 0 Å². The van der Waals surface area contributed by atoms with Crippen molar-refractivity contribution in [1.29, 1.82) is 0 Å². The van der Waals surface area contributed by atoms with E-state index in [1.165, 1.54) is 4.90 Å². The molecule has 0 aliphatic carbocycles. The summed E-state index contributed by atoms with van der Waals surface area (Å²) in [4.78, 5) is 12.7. The van der Waals surface area contributed by atoms with E-state index in [0.29, 0.717) is 12.8 Å². The predicted octanol–water partition coefficient (Wildman–Crippen LogP) is 2.31. The van der Waals surface area contributed by atoms with E-state index >= 15 is 0 Å². The zero-order chi connectivity index (χ0) is 17.2. The number of likely N-dealkylation sites (tertiary alicyclic amines) is 1. The number of amides is 1. The molecule has 1 saturated heterocycles. The fourth-order valence-corrected chi connectivity index (χ4v) is 2.97. The van der Waals surface area contributed by atoms with Crippen LogP contribution in [-0.4, -0.2) is 59.7 Å². The molecule has 1 aliphatic heterocycles. The van der Waals surface area contributed by atoms with Gasteiger partial charge in [0.2, 0.25) is 0 Å². The molecule has 8 heteroatoms. The topological polar surface area (TPSA) is 72.8 Å². The second kappa shape index (κ2) is 6.62. The van der Waals surface area contributed by atoms with Gasteiger partial charge in [-0.25, -0.2) is 4.79 Å². The molecule has 1 aliphatic rings. The molecule has 3 N–H and O–H groups in total. The Balaban J connectivity index is 2.83. The quantitative estimate of drug-likeness (QED) is 0.741. The zero-order valence-electron chi connectivity index (χ0n) is 13.2. The van der Waals surface area contributed by atoms with Crippen molar-refractivity contribution in [3.8, 4) is 0 Å². The van der Waals surface area contributed by atoms with E-state index in [1.54, 1.807) is 0 Å². The number of nitrogens with one attached hydrogen (secondary N) is 1. The van der Waals surface area contributed by atoms with Gasteiger partial charge in [-0.1, -0.05) is 20.8 Å². The van der Waals surface area contributed by atoms with Crippen molar-refractivity contribution < 1.29 is 28.2 Å². The van der Waals surface area contributed by atoms with Gasteiger partial charge < -0.3 is 20.4 Å². The maximum absolute atomic E-state index is 12.3. The van der Waals surface area contributed by atoms with Gasteiger partial charge in [-0.05, 0) is 18.3 Å². The lowest BCUT2D eigenvalue weighted by Gasteiger charge is -2.49. The summed E-state index contributed by atoms with van der Waals surface area (Å²) in [5.41, 5.74) is -1.08. The van der Waals surface area contributed by atoms with Gasteiger partial charge in [-0.15, -0.1) is 0 Å². The number of aliphatic hydroxyl groups is 1. The molecule has 2 atom stereocenters. The highest BCUT2D eigenvalue weighted by Gasteiger charge is 2.45. The minimum Gasteiger partial charge on any atom is -0.465 e. The molecule has 2 unspecified atom stereocenters. The van der Waals surface area contributed by atoms with Crippen LogP contribution in [0.4, 0.5) is 18.0 Å². The van der Waals surface area contributed by atoms with Crippen LogP contribution in [0.15, 0.2) is 0 Å². The maximum Gasteiger partial charge on any atom is 0.407 e. The van der Waals surface area contributed by atoms with Gasteiger partial charge in [0.25, 0.3) is 0 Å². The van der Waals surface area contributed by atoms with Crippen LogP contribution in [0.5, 0.6) is 0 Å². The Morgan fingerprint density at radius 1 is 1.36 bits per heavy atom. The molecule has 5 nitrogen and oxygen atoms in total. The number of carboxylic acid groups (broad SMARTS) is 1. The molecule has 0 bridgehead atoms. The van der Waals surface area contributed by atoms with Crippen LogP contribution < -0.4 is 5.32 Å². The average Bonchev–Trinajstić information content (AvgIpc) is 2.35. The highest BCUT2D eigenvalue weighted by atomic mass is 19.4. The number of alkyl halides is 3. The Bertz CT molecular complexity index is 396. The third kappa shape index (κ3) is 5.01. The number of aliphatic hydroxyl groups excluding tert-OH is 1. The van der Waals surface area contributed by atoms with Crippen molar-refractivity contribution in [2.75, 3.05) is 26.2 Å². The first kappa shape index (κ1) is 19.0. The van der Waals surface area contributed by atoms with Crippen LogP contribution in [0.25, 0.3) is 0 Å². The Kier molecular flexibility index (Phi) is 5.72. The zero-order valence-corrected chi connectivity index (χ0v) is 13.2. The summed E-state index contributed by atoms with van der Waals surface area (Å²) in [5, 5.41) is 21.3. The smallest absolute Gasteiger partial charge is 0.407 e. The summed E-state index contributed by atoms with van der Waals surface area (Å²) in [7, 11) is 0. The van der Waals surface area contributed by atoms with E-state index in [-0.39, 0.29) is 31.2 Å². The standard InChI is InChI=1S/C14H25F3N2O3/c1-12(2,3)10-6-13(9-20,4-5-19(10)11(21)22)7-18-8-14(15,16)17/h10,18,20H,4-9H2,1-3H3,(H,21,22). The number of nitrogens with zero attached hydrogens (tertiary/aromatic N) is 1. The molecule has 1 fully saturated rings. The van der Waals surface area contributed by atoms with E-state index in [2.05, 4.69) is 5.32 Å². The highest BCUT2D eigenvalue weighted by molar-refractivity contribution is 5.65. The third-order valence-electron chi connectivity index (χ3n) is 4.29. The maximum atomic E-state index is 12.3. The van der Waals surface area contributed by atoms with Crippen LogP contribution in [-0.2, 0) is 0 Å². The van der Waals surface area contributed by atoms with Gasteiger partial charge in [-0.3, -0.25) is 0 Å². The number of hydrogen-bond acceptors (Lipinski definition) is 3. The third-order valence-corrected chi connectivity index (χ3v) is 4.29. The molecule has 0 aromatic rings. The van der Waals surface area contributed by atoms with Gasteiger partial charge >= 0.3 is 12.3 Å². The summed E-state index contributed by atoms with van der Waals surface area (Å²) in [6, 6.07) is -0.349. The lowest BCUT2D eigenvalue weighted by atomic mass is 9.69. The van der Waals surface area contributed by atoms with Gasteiger partial charge in [0.05, 0.1) is 13.2 Å². The SMILES string of the molecule is CC(C)(C)C1CC(CO)(CNCC(F)(F)F)CCN1C(=O)O. The lowest BCUT2D eigenvalue weighted by molar-refractivity contribution is -0.127. The monoisotopic (exact) mass is 326 g/mol. The van der Waals surface area contributed by atoms with Crippen LogP contribution in [0, 0.1) is 10.8 Å². The molecule has 130 valence electrons. The second-order valence-corrected chi connectivity index (χ2v) is 7.19. The van der Waals surface area contributed by atoms with E-state index in [1.807, 2.05) is 20.8 Å². The van der Waals surface area contributed by atoms with E-state index in [9.17, 15) is 28.2 Å². The molecule has 0 radical (unpaired) electrons. The van der Waals surface area contributed by atoms with Gasteiger partial charge in [0, 0.05) is 24.5 Å². The molecule has 0 saturated carbocycles. The first-order valence-electron chi connectivity index (χ1n) is 7.28. The molecular weight excluding hydrogens is 301 g/mol. The molecule has 1 heterocycles.